The normalized spacial score (nSPS) is 29.9. The summed E-state index contributed by atoms with van der Waals surface area (Å²) < 4.78 is 38.6. The van der Waals surface area contributed by atoms with Crippen molar-refractivity contribution in [1.29, 1.82) is 0 Å². The van der Waals surface area contributed by atoms with Crippen LogP contribution in [0.3, 0.4) is 0 Å². The lowest BCUT2D eigenvalue weighted by atomic mass is 10.0. The van der Waals surface area contributed by atoms with Crippen molar-refractivity contribution in [3.05, 3.63) is 42.0 Å². The summed E-state index contributed by atoms with van der Waals surface area (Å²) in [4.78, 5) is 62.1. The lowest BCUT2D eigenvalue weighted by Crippen LogP contribution is -2.58. The molecule has 1 aromatic carbocycles. The molecular formula is C35H47N5O9S. The number of methoxy groups -OCH3 is 1. The molecule has 2 heterocycles. The number of oxime groups is 1. The number of hydrogen-bond acceptors (Lipinski definition) is 10. The summed E-state index contributed by atoms with van der Waals surface area (Å²) in [6.45, 7) is 0.000804. The van der Waals surface area contributed by atoms with E-state index in [1.807, 2.05) is 24.3 Å². The molecule has 1 unspecified atom stereocenters. The molecule has 15 heteroatoms. The van der Waals surface area contributed by atoms with Crippen molar-refractivity contribution in [2.45, 2.75) is 119 Å². The molecule has 4 fully saturated rings. The van der Waals surface area contributed by atoms with Crippen LogP contribution >= 0.6 is 0 Å². The minimum absolute atomic E-state index is 0.000804. The van der Waals surface area contributed by atoms with Gasteiger partial charge in [0.1, 0.15) is 35.6 Å². The number of hydrogen-bond donors (Lipinski definition) is 3. The number of alkyl carbamates (subject to hydrolysis) is 1. The average molecular weight is 714 g/mol. The quantitative estimate of drug-likeness (QED) is 0.197. The summed E-state index contributed by atoms with van der Waals surface area (Å²) >= 11 is 0. The monoisotopic (exact) mass is 713 g/mol. The van der Waals surface area contributed by atoms with Gasteiger partial charge in [-0.3, -0.25) is 19.1 Å². The van der Waals surface area contributed by atoms with Gasteiger partial charge in [-0.25, -0.2) is 13.2 Å². The number of ether oxygens (including phenoxy) is 2. The second-order valence-corrected chi connectivity index (χ2v) is 16.0. The molecule has 2 aliphatic heterocycles. The predicted octanol–water partition coefficient (Wildman–Crippen LogP) is 3.06. The Morgan fingerprint density at radius 2 is 1.82 bits per heavy atom. The molecule has 50 heavy (non-hydrogen) atoms. The zero-order chi connectivity index (χ0) is 35.3. The second kappa shape index (κ2) is 15.4. The van der Waals surface area contributed by atoms with E-state index in [9.17, 15) is 27.6 Å². The van der Waals surface area contributed by atoms with Gasteiger partial charge >= 0.3 is 6.09 Å². The molecule has 5 aliphatic rings. The van der Waals surface area contributed by atoms with Crippen LogP contribution in [0.25, 0.3) is 0 Å². The Morgan fingerprint density at radius 3 is 2.58 bits per heavy atom. The molecule has 4 amide bonds. The van der Waals surface area contributed by atoms with Crippen molar-refractivity contribution in [3.8, 4) is 5.75 Å². The number of amides is 4. The van der Waals surface area contributed by atoms with E-state index in [2.05, 4.69) is 20.5 Å². The van der Waals surface area contributed by atoms with Gasteiger partial charge < -0.3 is 29.8 Å². The van der Waals surface area contributed by atoms with Gasteiger partial charge in [0.05, 0.1) is 25.1 Å². The topological polar surface area (TPSA) is 182 Å². The molecule has 5 atom stereocenters. The van der Waals surface area contributed by atoms with Crippen LogP contribution in [-0.2, 0) is 34.0 Å². The van der Waals surface area contributed by atoms with Crippen molar-refractivity contribution in [1.82, 2.24) is 20.3 Å². The molecule has 0 aromatic heterocycles. The molecule has 6 rings (SSSR count). The number of nitrogens with zero attached hydrogens (tertiary/aromatic N) is 2. The van der Waals surface area contributed by atoms with E-state index in [0.717, 1.165) is 44.1 Å². The van der Waals surface area contributed by atoms with Crippen molar-refractivity contribution in [3.63, 3.8) is 0 Å². The van der Waals surface area contributed by atoms with Crippen molar-refractivity contribution in [2.75, 3.05) is 13.7 Å². The molecule has 272 valence electrons. The third-order valence-corrected chi connectivity index (χ3v) is 12.0. The number of fused-ring (bicyclic) bond motifs is 2. The van der Waals surface area contributed by atoms with Crippen LogP contribution in [0.2, 0.25) is 0 Å². The summed E-state index contributed by atoms with van der Waals surface area (Å²) in [5.41, 5.74) is -0.755. The van der Waals surface area contributed by atoms with Gasteiger partial charge in [-0.2, -0.15) is 0 Å². The number of benzene rings is 1. The van der Waals surface area contributed by atoms with E-state index in [-0.39, 0.29) is 25.5 Å². The van der Waals surface area contributed by atoms with Crippen LogP contribution in [-0.4, -0.2) is 92.1 Å². The molecule has 14 nitrogen and oxygen atoms in total. The number of nitrogens with one attached hydrogen (secondary N) is 3. The number of allylic oxidation sites excluding steroid dienone is 1. The highest BCUT2D eigenvalue weighted by atomic mass is 32.2. The molecular weight excluding hydrogens is 666 g/mol. The van der Waals surface area contributed by atoms with Gasteiger partial charge in [0.25, 0.3) is 5.91 Å². The van der Waals surface area contributed by atoms with Crippen molar-refractivity contribution in [2.24, 2.45) is 11.1 Å². The summed E-state index contributed by atoms with van der Waals surface area (Å²) in [7, 11) is -2.31. The van der Waals surface area contributed by atoms with Gasteiger partial charge in [0, 0.05) is 12.3 Å². The summed E-state index contributed by atoms with van der Waals surface area (Å²) in [6.07, 6.45) is 11.9. The zero-order valence-corrected chi connectivity index (χ0v) is 29.2. The van der Waals surface area contributed by atoms with E-state index >= 15 is 0 Å². The fourth-order valence-electron chi connectivity index (χ4n) is 7.07. The van der Waals surface area contributed by atoms with E-state index in [1.165, 1.54) is 11.1 Å². The second-order valence-electron chi connectivity index (χ2n) is 14.0. The zero-order valence-electron chi connectivity index (χ0n) is 28.4. The third-order valence-electron chi connectivity index (χ3n) is 10.2. The van der Waals surface area contributed by atoms with Gasteiger partial charge in [0.15, 0.2) is 0 Å². The Kier molecular flexibility index (Phi) is 11.0. The fourth-order valence-corrected chi connectivity index (χ4v) is 8.44. The molecule has 0 spiro atoms. The highest BCUT2D eigenvalue weighted by Gasteiger charge is 2.62. The van der Waals surface area contributed by atoms with Crippen molar-refractivity contribution < 1.29 is 41.9 Å². The molecule has 3 aliphatic carbocycles. The summed E-state index contributed by atoms with van der Waals surface area (Å²) in [6, 6.07) is 5.18. The number of sulfonamides is 1. The lowest BCUT2D eigenvalue weighted by molar-refractivity contribution is -0.141. The number of carbonyl (C=O) groups excluding carboxylic acids is 4. The maximum Gasteiger partial charge on any atom is 0.408 e. The Morgan fingerprint density at radius 1 is 1.04 bits per heavy atom. The van der Waals surface area contributed by atoms with Crippen LogP contribution in [0, 0.1) is 5.92 Å². The van der Waals surface area contributed by atoms with Gasteiger partial charge in [-0.15, -0.1) is 0 Å². The van der Waals surface area contributed by atoms with E-state index < -0.39 is 68.7 Å². The average Bonchev–Trinajstić information content (AvgIpc) is 3.96. The van der Waals surface area contributed by atoms with Crippen LogP contribution < -0.4 is 20.1 Å². The SMILES string of the molecule is COc1cccc(/C=N/O[C@@H]2C[C@H]3C(=O)NC4(C(=O)NS(=O)(=O)C5CC5)C[C@H]4/C=C\CCCCC[C@H](NC(=O)OC4CCCC4)C(=O)N3C2)c1. The summed E-state index contributed by atoms with van der Waals surface area (Å²) in [5, 5.41) is 9.14. The van der Waals surface area contributed by atoms with Crippen molar-refractivity contribution >= 4 is 40.1 Å². The fraction of sp³-hybridized carbons (Fsp3) is 0.629. The minimum Gasteiger partial charge on any atom is -0.497 e. The van der Waals surface area contributed by atoms with Gasteiger partial charge in [0.2, 0.25) is 21.8 Å². The first-order valence-electron chi connectivity index (χ1n) is 17.7. The first-order valence-corrected chi connectivity index (χ1v) is 19.3. The molecule has 1 saturated heterocycles. The van der Waals surface area contributed by atoms with E-state index in [4.69, 9.17) is 14.3 Å². The molecule has 1 aromatic rings. The maximum atomic E-state index is 14.3. The van der Waals surface area contributed by atoms with Gasteiger partial charge in [-0.1, -0.05) is 42.3 Å². The number of rotatable bonds is 9. The Balaban J connectivity index is 1.23. The maximum absolute atomic E-state index is 14.3. The molecule has 0 radical (unpaired) electrons. The van der Waals surface area contributed by atoms with E-state index in [1.54, 1.807) is 19.2 Å². The smallest absolute Gasteiger partial charge is 0.408 e. The Labute approximate surface area is 292 Å². The van der Waals surface area contributed by atoms with E-state index in [0.29, 0.717) is 37.9 Å². The van der Waals surface area contributed by atoms with Gasteiger partial charge in [-0.05, 0) is 81.9 Å². The largest absolute Gasteiger partial charge is 0.497 e. The Hall–Kier alpha value is -4.14. The molecule has 3 saturated carbocycles. The standard InChI is InChI=1S/C35H47N5O9S/c1-47-26-14-9-10-23(18-26)21-36-49-27-19-30-31(41)38-35(33(43)39-50(45,46)28-16-17-28)20-24(35)11-5-3-2-4-6-15-29(32(42)40(30)22-27)37-34(44)48-25-12-7-8-13-25/h5,9-11,14,18,21,24-25,27-30H,2-4,6-8,12-13,15-17,19-20,22H2,1H3,(H,37,44)(H,38,41)(H,39,43)/b11-5-,36-21+/t24-,27-,29+,30+,35?/m1/s1. The molecule has 0 bridgehead atoms. The number of carbonyl (C=O) groups is 4. The first kappa shape index (κ1) is 35.7. The summed E-state index contributed by atoms with van der Waals surface area (Å²) in [5.74, 6) is -1.62. The minimum atomic E-state index is -3.87. The highest BCUT2D eigenvalue weighted by Crippen LogP contribution is 2.46. The predicted molar refractivity (Wildman–Crippen MR) is 183 cm³/mol. The van der Waals surface area contributed by atoms with Crippen LogP contribution in [0.15, 0.2) is 41.6 Å². The lowest BCUT2D eigenvalue weighted by Gasteiger charge is -2.30. The Bertz CT molecular complexity index is 1610. The highest BCUT2D eigenvalue weighted by molar-refractivity contribution is 7.91. The van der Waals surface area contributed by atoms with Crippen LogP contribution in [0.4, 0.5) is 4.79 Å². The molecule has 3 N–H and O–H groups in total. The van der Waals surface area contributed by atoms with Crippen LogP contribution in [0.5, 0.6) is 5.75 Å². The third kappa shape index (κ3) is 8.59. The first-order chi connectivity index (χ1) is 24.1. The van der Waals surface area contributed by atoms with Crippen LogP contribution in [0.1, 0.15) is 89.0 Å².